The maximum atomic E-state index is 12.7. The number of hydrogen-bond acceptors (Lipinski definition) is 4. The number of esters is 1. The summed E-state index contributed by atoms with van der Waals surface area (Å²) < 4.78 is 10.3. The minimum absolute atomic E-state index is 0. The largest absolute Gasteiger partial charge is 0.496 e. The van der Waals surface area contributed by atoms with E-state index in [-0.39, 0.29) is 6.42 Å². The molecule has 1 unspecified atom stereocenters. The Bertz CT molecular complexity index is 775. The van der Waals surface area contributed by atoms with Crippen LogP contribution in [0, 0.1) is 13.8 Å². The number of halogens is 1. The molecule has 146 valence electrons. The van der Waals surface area contributed by atoms with Gasteiger partial charge in [0, 0.05) is 6.42 Å². The van der Waals surface area contributed by atoms with Crippen molar-refractivity contribution in [3.05, 3.63) is 71.1 Å². The van der Waals surface area contributed by atoms with Crippen LogP contribution in [0.15, 0.2) is 42.5 Å². The minimum Gasteiger partial charge on any atom is -0.496 e. The monoisotopic (exact) mass is 658 g/mol. The zero-order valence-corrected chi connectivity index (χ0v) is 23.4. The van der Waals surface area contributed by atoms with E-state index in [1.807, 2.05) is 24.3 Å². The van der Waals surface area contributed by atoms with Gasteiger partial charge in [-0.3, -0.25) is 4.79 Å². The van der Waals surface area contributed by atoms with E-state index in [2.05, 4.69) is 12.2 Å². The van der Waals surface area contributed by atoms with Crippen LogP contribution in [0.2, 0.25) is 5.02 Å². The summed E-state index contributed by atoms with van der Waals surface area (Å²) in [5.74, 6) is -0.206. The Labute approximate surface area is 164 Å². The Morgan fingerprint density at radius 1 is 1.18 bits per heavy atom. The van der Waals surface area contributed by atoms with Crippen LogP contribution in [-0.2, 0) is 16.0 Å². The van der Waals surface area contributed by atoms with Crippen molar-refractivity contribution >= 4 is 23.5 Å². The Morgan fingerprint density at radius 2 is 1.86 bits per heavy atom. The van der Waals surface area contributed by atoms with Crippen LogP contribution in [0.4, 0.5) is 0 Å². The number of rotatable bonds is 8. The number of benzene rings is 2. The van der Waals surface area contributed by atoms with Crippen LogP contribution in [0.5, 0.6) is 5.75 Å². The molecule has 0 radical (unpaired) electrons. The summed E-state index contributed by atoms with van der Waals surface area (Å²) in [6.07, 6.45) is 0.969. The molecular formula is C21H23BhClNO4-. The number of aryl methyl sites for hydroxylation is 1. The van der Waals surface area contributed by atoms with Crippen molar-refractivity contribution in [2.75, 3.05) is 13.7 Å². The van der Waals surface area contributed by atoms with Crippen LogP contribution in [-0.4, -0.2) is 31.6 Å². The Balaban J connectivity index is 0.00000392. The molecule has 5 nitrogen and oxygen atoms in total. The van der Waals surface area contributed by atoms with Gasteiger partial charge in [-0.1, -0.05) is 35.9 Å². The van der Waals surface area contributed by atoms with Gasteiger partial charge in [0.1, 0.15) is 11.8 Å². The summed E-state index contributed by atoms with van der Waals surface area (Å²) in [4.78, 5) is 24.8. The van der Waals surface area contributed by atoms with Crippen molar-refractivity contribution in [3.8, 4) is 5.75 Å². The fourth-order valence-corrected chi connectivity index (χ4v) is 2.94. The van der Waals surface area contributed by atoms with E-state index >= 15 is 0 Å². The van der Waals surface area contributed by atoms with Gasteiger partial charge in [0.25, 0.3) is 5.91 Å². The molecule has 1 atom stereocenters. The first-order valence-corrected chi connectivity index (χ1v) is 8.98. The molecule has 0 spiro atoms. The fourth-order valence-electron chi connectivity index (χ4n) is 2.63. The molecule has 2 rings (SSSR count). The van der Waals surface area contributed by atoms with Gasteiger partial charge in [0.2, 0.25) is 0 Å². The van der Waals surface area contributed by atoms with Gasteiger partial charge in [0.05, 0.1) is 24.3 Å². The first-order chi connectivity index (χ1) is 13.0. The van der Waals surface area contributed by atoms with E-state index in [1.165, 1.54) is 7.11 Å². The fraction of sp³-hybridized carbons (Fsp3) is 0.286. The van der Waals surface area contributed by atoms with E-state index < -0.39 is 17.9 Å². The first kappa shape index (κ1) is 22.5. The quantitative estimate of drug-likeness (QED) is 0.347. The molecule has 0 aliphatic heterocycles. The van der Waals surface area contributed by atoms with Crippen molar-refractivity contribution in [1.82, 2.24) is 5.32 Å². The second-order valence-electron chi connectivity index (χ2n) is 6.03. The van der Waals surface area contributed by atoms with E-state index in [1.54, 1.807) is 25.1 Å². The first-order valence-electron chi connectivity index (χ1n) is 8.61. The van der Waals surface area contributed by atoms with Crippen molar-refractivity contribution < 1.29 is 19.1 Å². The van der Waals surface area contributed by atoms with Crippen LogP contribution >= 0.6 is 11.6 Å². The molecule has 0 bridgehead atoms. The summed E-state index contributed by atoms with van der Waals surface area (Å²) in [6.45, 7) is 6.05. The zero-order valence-electron chi connectivity index (χ0n) is 16.2. The summed E-state index contributed by atoms with van der Waals surface area (Å²) in [7, 11) is 1.29. The normalized spacial score (nSPS) is 11.1. The maximum Gasteiger partial charge on any atom is 0.328 e. The Hall–Kier alpha value is -3.53. The molecule has 0 aliphatic rings. The third kappa shape index (κ3) is 5.74. The van der Waals surface area contributed by atoms with Crippen LogP contribution in [0.1, 0.15) is 27.9 Å². The Morgan fingerprint density at radius 3 is 2.43 bits per heavy atom. The molecule has 0 heterocycles. The predicted molar refractivity (Wildman–Crippen MR) is 105 cm³/mol. The number of carbonyl (C=O) groups excluding carboxylic acids is 2. The molecule has 0 saturated heterocycles. The number of amides is 1. The van der Waals surface area contributed by atoms with Gasteiger partial charge < -0.3 is 21.7 Å². The van der Waals surface area contributed by atoms with Gasteiger partial charge in [0.15, 0.2) is 0 Å². The molecule has 2 aromatic rings. The van der Waals surface area contributed by atoms with Crippen molar-refractivity contribution in [3.63, 3.8) is 0 Å². The van der Waals surface area contributed by atoms with Crippen LogP contribution in [0.25, 0.3) is 0 Å². The molecule has 0 fully saturated rings. The van der Waals surface area contributed by atoms with Crippen molar-refractivity contribution in [1.29, 1.82) is 0 Å². The number of carbonyl (C=O) groups is 2. The second-order valence-corrected chi connectivity index (χ2v) is 6.44. The second kappa shape index (κ2) is 10.6. The summed E-state index contributed by atoms with van der Waals surface area (Å²) in [5.41, 5.74) is 1.95. The molecule has 1 amide bonds. The van der Waals surface area contributed by atoms with Gasteiger partial charge in [-0.15, -0.1) is 6.42 Å². The maximum absolute atomic E-state index is 12.7. The van der Waals surface area contributed by atoms with Crippen molar-refractivity contribution in [2.24, 2.45) is 0 Å². The van der Waals surface area contributed by atoms with Gasteiger partial charge in [-0.25, -0.2) is 4.79 Å². The Kier molecular flexibility index (Phi) is 8.50. The molecule has 2 aromatic carbocycles. The van der Waals surface area contributed by atoms with E-state index in [0.29, 0.717) is 23.6 Å². The SMILES string of the molecule is [Bh].[CH2-]CCOc1ccc(CC(NC(=O)c2c(C)cccc2Cl)C(=O)OC)cc1. The number of nitrogens with one attached hydrogen (secondary N) is 1. The zero-order chi connectivity index (χ0) is 19.8. The van der Waals surface area contributed by atoms with E-state index in [4.69, 9.17) is 21.1 Å². The van der Waals surface area contributed by atoms with Crippen LogP contribution < -0.4 is 10.1 Å². The standard InChI is InChI=1S/C21H23ClNO4.Bh/c1-4-12-27-16-10-8-15(9-11-16)13-18(21(25)26-3)23-20(24)19-14(2)6-5-7-17(19)22;/h5-11,18H,1,4,12-13H2,2-3H3,(H,23,24);/q-1;. The molecule has 1 N–H and O–H groups in total. The number of methoxy groups -OCH3 is 1. The molecule has 0 saturated carbocycles. The predicted octanol–water partition coefficient (Wildman–Crippen LogP) is 3.77. The molecule has 0 aromatic heterocycles. The topological polar surface area (TPSA) is 64.6 Å². The van der Waals surface area contributed by atoms with E-state index in [0.717, 1.165) is 16.9 Å². The van der Waals surface area contributed by atoms with Crippen molar-refractivity contribution in [2.45, 2.75) is 25.8 Å². The third-order valence-corrected chi connectivity index (χ3v) is 4.33. The van der Waals surface area contributed by atoms with Gasteiger partial charge >= 0.3 is 5.97 Å². The summed E-state index contributed by atoms with van der Waals surface area (Å²) in [6, 6.07) is 11.7. The van der Waals surface area contributed by atoms with Crippen LogP contribution in [0.3, 0.4) is 0 Å². The third-order valence-electron chi connectivity index (χ3n) is 4.02. The summed E-state index contributed by atoms with van der Waals surface area (Å²) in [5, 5.41) is 3.06. The number of ether oxygens (including phenoxy) is 2. The number of hydrogen-bond donors (Lipinski definition) is 1. The minimum atomic E-state index is -0.829. The average molecular weight is 659 g/mol. The van der Waals surface area contributed by atoms with Gasteiger partial charge in [-0.05, 0) is 36.2 Å². The van der Waals surface area contributed by atoms with Gasteiger partial charge in [-0.2, -0.15) is 0 Å². The average Bonchev–Trinajstić information content (AvgIpc) is 2.66. The molecule has 28 heavy (non-hydrogen) atoms. The van der Waals surface area contributed by atoms with E-state index in [9.17, 15) is 9.59 Å². The smallest absolute Gasteiger partial charge is 0.328 e. The summed E-state index contributed by atoms with van der Waals surface area (Å²) >= 11 is 6.15. The molecule has 0 aliphatic carbocycles. The molecule has 7 heteroatoms. The molecular weight excluding hydrogens is 636 g/mol.